The number of anilines is 3. The topological polar surface area (TPSA) is 84.9 Å². The zero-order chi connectivity index (χ0) is 21.6. The lowest BCUT2D eigenvalue weighted by atomic mass is 10.2. The first kappa shape index (κ1) is 19.6. The second kappa shape index (κ2) is 7.41. The molecule has 0 spiro atoms. The van der Waals surface area contributed by atoms with Crippen LogP contribution in [-0.4, -0.2) is 39.2 Å². The highest BCUT2D eigenvalue weighted by Crippen LogP contribution is 2.46. The summed E-state index contributed by atoms with van der Waals surface area (Å²) in [5.41, 5.74) is -0.582. The third-order valence-corrected chi connectivity index (χ3v) is 5.26. The summed E-state index contributed by atoms with van der Waals surface area (Å²) in [7, 11) is 0. The molecule has 2 atom stereocenters. The quantitative estimate of drug-likeness (QED) is 0.467. The zero-order valence-corrected chi connectivity index (χ0v) is 15.9. The number of rotatable bonds is 5. The van der Waals surface area contributed by atoms with E-state index in [0.717, 1.165) is 6.07 Å². The van der Waals surface area contributed by atoms with Crippen molar-refractivity contribution >= 4 is 17.3 Å². The first-order chi connectivity index (χ1) is 14.9. The maximum atomic E-state index is 13.1. The minimum Gasteiger partial charge on any atom is -0.381 e. The lowest BCUT2D eigenvalue weighted by Gasteiger charge is -2.13. The van der Waals surface area contributed by atoms with Crippen LogP contribution in [0.4, 0.5) is 34.9 Å². The third kappa shape index (κ3) is 4.13. The summed E-state index contributed by atoms with van der Waals surface area (Å²) in [5.74, 6) is 0.927. The van der Waals surface area contributed by atoms with Gasteiger partial charge in [-0.1, -0.05) is 6.07 Å². The van der Waals surface area contributed by atoms with Gasteiger partial charge < -0.3 is 15.4 Å². The van der Waals surface area contributed by atoms with E-state index < -0.39 is 17.8 Å². The van der Waals surface area contributed by atoms with Crippen LogP contribution in [0.25, 0.3) is 11.5 Å². The number of hydrogen-bond acceptors (Lipinski definition) is 7. The van der Waals surface area contributed by atoms with Crippen LogP contribution in [0.15, 0.2) is 42.6 Å². The van der Waals surface area contributed by atoms with E-state index in [0.29, 0.717) is 42.4 Å². The number of fused-ring (bicyclic) bond motifs is 1. The molecule has 0 bridgehead atoms. The van der Waals surface area contributed by atoms with E-state index in [2.05, 4.69) is 30.6 Å². The van der Waals surface area contributed by atoms with Gasteiger partial charge in [-0.3, -0.25) is 0 Å². The number of hydrogen-bond donors (Lipinski definition) is 2. The van der Waals surface area contributed by atoms with E-state index in [1.165, 1.54) is 30.5 Å². The minimum absolute atomic E-state index is 0.0157. The van der Waals surface area contributed by atoms with Crippen molar-refractivity contribution in [1.82, 2.24) is 19.9 Å². The fraction of sp³-hybridized carbons (Fsp3) is 0.300. The number of aromatic nitrogens is 4. The number of nitrogens with one attached hydrogen (secondary N) is 2. The molecule has 2 aliphatic rings. The summed E-state index contributed by atoms with van der Waals surface area (Å²) < 4.78 is 57.8. The molecule has 1 saturated carbocycles. The van der Waals surface area contributed by atoms with Crippen LogP contribution in [0, 0.1) is 17.8 Å². The average molecular weight is 432 g/mol. The van der Waals surface area contributed by atoms with Gasteiger partial charge in [0.1, 0.15) is 23.0 Å². The van der Waals surface area contributed by atoms with Gasteiger partial charge >= 0.3 is 6.18 Å². The lowest BCUT2D eigenvalue weighted by molar-refractivity contribution is -0.141. The Morgan fingerprint density at radius 3 is 2.45 bits per heavy atom. The Balaban J connectivity index is 1.49. The molecule has 160 valence electrons. The molecule has 0 radical (unpaired) electrons. The summed E-state index contributed by atoms with van der Waals surface area (Å²) in [6, 6.07) is 8.04. The Morgan fingerprint density at radius 1 is 0.968 bits per heavy atom. The van der Waals surface area contributed by atoms with Crippen molar-refractivity contribution in [1.29, 1.82) is 0 Å². The Hall–Kier alpha value is -3.34. The van der Waals surface area contributed by atoms with E-state index in [1.807, 2.05) is 0 Å². The maximum absolute atomic E-state index is 13.1. The third-order valence-electron chi connectivity index (χ3n) is 5.26. The SMILES string of the molecule is Fc1ccc(Nc2cc(NC3C4COCC43)nc(-c3cccc(C(F)(F)F)n3)n2)cn1. The normalized spacial score (nSPS) is 22.1. The van der Waals surface area contributed by atoms with Gasteiger partial charge in [-0.15, -0.1) is 0 Å². The standard InChI is InChI=1S/C20H16F4N6O/c21-15-5-4-10(7-25-15)26-16-6-17(28-18-11-8-31-9-12(11)18)30-19(29-16)13-2-1-3-14(27-13)20(22,23)24/h1-7,11-12,18H,8-9H2,(H2,26,28,29,30). The van der Waals surface area contributed by atoms with Crippen LogP contribution in [0.1, 0.15) is 5.69 Å². The van der Waals surface area contributed by atoms with Crippen molar-refractivity contribution < 1.29 is 22.3 Å². The fourth-order valence-corrected chi connectivity index (χ4v) is 3.64. The van der Waals surface area contributed by atoms with E-state index in [9.17, 15) is 17.6 Å². The van der Waals surface area contributed by atoms with Gasteiger partial charge in [-0.25, -0.2) is 19.9 Å². The van der Waals surface area contributed by atoms with Crippen LogP contribution in [0.5, 0.6) is 0 Å². The van der Waals surface area contributed by atoms with Crippen molar-refractivity contribution in [3.05, 3.63) is 54.2 Å². The number of ether oxygens (including phenoxy) is 1. The molecule has 1 saturated heterocycles. The molecule has 2 fully saturated rings. The van der Waals surface area contributed by atoms with E-state index in [1.54, 1.807) is 6.07 Å². The molecule has 1 aliphatic heterocycles. The smallest absolute Gasteiger partial charge is 0.381 e. The fourth-order valence-electron chi connectivity index (χ4n) is 3.64. The summed E-state index contributed by atoms with van der Waals surface area (Å²) in [6.07, 6.45) is -3.30. The van der Waals surface area contributed by atoms with E-state index in [-0.39, 0.29) is 17.6 Å². The molecule has 7 nitrogen and oxygen atoms in total. The van der Waals surface area contributed by atoms with Gasteiger partial charge in [0.25, 0.3) is 0 Å². The Morgan fingerprint density at radius 2 is 1.74 bits per heavy atom. The number of pyridine rings is 2. The summed E-state index contributed by atoms with van der Waals surface area (Å²) >= 11 is 0. The van der Waals surface area contributed by atoms with Gasteiger partial charge in [-0.05, 0) is 24.3 Å². The first-order valence-electron chi connectivity index (χ1n) is 9.53. The highest BCUT2D eigenvalue weighted by atomic mass is 19.4. The van der Waals surface area contributed by atoms with Crippen LogP contribution in [-0.2, 0) is 10.9 Å². The molecule has 2 N–H and O–H groups in total. The Labute approximate surface area is 173 Å². The predicted octanol–water partition coefficient (Wildman–Crippen LogP) is 3.89. The van der Waals surface area contributed by atoms with Crippen molar-refractivity contribution in [2.24, 2.45) is 11.8 Å². The van der Waals surface area contributed by atoms with Crippen LogP contribution in [0.3, 0.4) is 0 Å². The van der Waals surface area contributed by atoms with Gasteiger partial charge in [-0.2, -0.15) is 17.6 Å². The lowest BCUT2D eigenvalue weighted by Crippen LogP contribution is -2.14. The van der Waals surface area contributed by atoms with Crippen molar-refractivity contribution in [2.45, 2.75) is 12.2 Å². The maximum Gasteiger partial charge on any atom is 0.433 e. The van der Waals surface area contributed by atoms with Crippen LogP contribution >= 0.6 is 0 Å². The molecule has 4 heterocycles. The first-order valence-corrected chi connectivity index (χ1v) is 9.53. The van der Waals surface area contributed by atoms with E-state index >= 15 is 0 Å². The number of halogens is 4. The van der Waals surface area contributed by atoms with Crippen LogP contribution in [0.2, 0.25) is 0 Å². The Bertz CT molecular complexity index is 1100. The number of nitrogens with zero attached hydrogens (tertiary/aromatic N) is 4. The summed E-state index contributed by atoms with van der Waals surface area (Å²) in [5, 5.41) is 6.29. The highest BCUT2D eigenvalue weighted by molar-refractivity contribution is 5.63. The molecule has 0 amide bonds. The molecule has 31 heavy (non-hydrogen) atoms. The average Bonchev–Trinajstić information content (AvgIpc) is 3.16. The molecule has 5 rings (SSSR count). The molecule has 1 aliphatic carbocycles. The van der Waals surface area contributed by atoms with Gasteiger partial charge in [0.2, 0.25) is 5.95 Å². The largest absolute Gasteiger partial charge is 0.433 e. The monoisotopic (exact) mass is 432 g/mol. The minimum atomic E-state index is -4.59. The Kier molecular flexibility index (Phi) is 4.69. The zero-order valence-electron chi connectivity index (χ0n) is 15.9. The van der Waals surface area contributed by atoms with Crippen molar-refractivity contribution in [2.75, 3.05) is 23.8 Å². The molecule has 2 unspecified atom stereocenters. The summed E-state index contributed by atoms with van der Waals surface area (Å²) in [6.45, 7) is 1.34. The molecule has 11 heteroatoms. The molecule has 3 aromatic heterocycles. The predicted molar refractivity (Wildman–Crippen MR) is 103 cm³/mol. The van der Waals surface area contributed by atoms with E-state index in [4.69, 9.17) is 4.74 Å². The molecule has 3 aromatic rings. The molecular formula is C20H16F4N6O. The van der Waals surface area contributed by atoms with Gasteiger partial charge in [0, 0.05) is 23.9 Å². The number of alkyl halides is 3. The molecule has 0 aromatic carbocycles. The second-order valence-corrected chi connectivity index (χ2v) is 7.40. The van der Waals surface area contributed by atoms with Gasteiger partial charge in [0.05, 0.1) is 25.1 Å². The van der Waals surface area contributed by atoms with Crippen LogP contribution < -0.4 is 10.6 Å². The highest BCUT2D eigenvalue weighted by Gasteiger charge is 2.54. The van der Waals surface area contributed by atoms with Crippen molar-refractivity contribution in [3.8, 4) is 11.5 Å². The molecular weight excluding hydrogens is 416 g/mol. The van der Waals surface area contributed by atoms with Crippen molar-refractivity contribution in [3.63, 3.8) is 0 Å². The summed E-state index contributed by atoms with van der Waals surface area (Å²) in [4.78, 5) is 15.9. The second-order valence-electron chi connectivity index (χ2n) is 7.40. The van der Waals surface area contributed by atoms with Gasteiger partial charge in [0.15, 0.2) is 5.82 Å².